The fourth-order valence-electron chi connectivity index (χ4n) is 4.87. The van der Waals surface area contributed by atoms with E-state index in [1.165, 1.54) is 0 Å². The normalized spacial score (nSPS) is 21.8. The highest BCUT2D eigenvalue weighted by molar-refractivity contribution is 6.30. The number of hydrogen-bond donors (Lipinski definition) is 0. The van der Waals surface area contributed by atoms with E-state index in [0.717, 1.165) is 11.1 Å². The molecule has 3 aromatic rings. The van der Waals surface area contributed by atoms with Crippen LogP contribution in [0.3, 0.4) is 0 Å². The van der Waals surface area contributed by atoms with E-state index in [-0.39, 0.29) is 29.8 Å². The molecule has 0 spiro atoms. The molecule has 172 valence electrons. The number of aryl methyl sites for hydroxylation is 1. The second kappa shape index (κ2) is 10.1. The average Bonchev–Trinajstić information content (AvgIpc) is 3.23. The number of allylic oxidation sites excluding steroid dienone is 1. The van der Waals surface area contributed by atoms with E-state index in [4.69, 9.17) is 27.6 Å². The predicted octanol–water partition coefficient (Wildman–Crippen LogP) is 7.09. The van der Waals surface area contributed by atoms with Crippen LogP contribution in [0.4, 0.5) is 0 Å². The molecule has 1 saturated heterocycles. The van der Waals surface area contributed by atoms with Crippen LogP contribution >= 0.6 is 23.2 Å². The highest BCUT2D eigenvalue weighted by Gasteiger charge is 2.46. The topological polar surface area (TPSA) is 59.2 Å². The maximum Gasteiger partial charge on any atom is 0.238 e. The Morgan fingerprint density at radius 3 is 2.52 bits per heavy atom. The first-order chi connectivity index (χ1) is 15.9. The number of piperidine rings is 1. The van der Waals surface area contributed by atoms with Crippen LogP contribution in [0.2, 0.25) is 10.0 Å². The van der Waals surface area contributed by atoms with Crippen LogP contribution in [-0.4, -0.2) is 21.0 Å². The second-order valence-electron chi connectivity index (χ2n) is 8.44. The Bertz CT molecular complexity index is 1130. The molecule has 1 aromatic heterocycles. The summed E-state index contributed by atoms with van der Waals surface area (Å²) in [5, 5.41) is 9.62. The Balaban J connectivity index is 1.90. The minimum Gasteiger partial charge on any atom is -0.423 e. The van der Waals surface area contributed by atoms with Crippen molar-refractivity contribution in [3.8, 4) is 0 Å². The summed E-state index contributed by atoms with van der Waals surface area (Å²) in [6.07, 6.45) is 3.74. The fraction of sp³-hybridized carbons (Fsp3) is 0.346. The molecule has 1 aliphatic rings. The molecule has 0 saturated carbocycles. The second-order valence-corrected chi connectivity index (χ2v) is 9.32. The van der Waals surface area contributed by atoms with Crippen LogP contribution in [0.1, 0.15) is 67.1 Å². The van der Waals surface area contributed by atoms with Crippen LogP contribution in [0.5, 0.6) is 0 Å². The molecule has 33 heavy (non-hydrogen) atoms. The van der Waals surface area contributed by atoms with E-state index in [0.29, 0.717) is 41.1 Å². The summed E-state index contributed by atoms with van der Waals surface area (Å²) in [5.41, 5.74) is 2.09. The summed E-state index contributed by atoms with van der Waals surface area (Å²) < 4.78 is 5.82. The number of likely N-dealkylation sites (tertiary alicyclic amines) is 1. The van der Waals surface area contributed by atoms with Gasteiger partial charge in [0.1, 0.15) is 6.04 Å². The number of hydrogen-bond acceptors (Lipinski definition) is 4. The van der Waals surface area contributed by atoms with Crippen LogP contribution in [0, 0.1) is 12.8 Å². The molecular weight excluding hydrogens is 457 g/mol. The number of aromatic nitrogens is 2. The summed E-state index contributed by atoms with van der Waals surface area (Å²) in [6.45, 7) is 7.68. The standard InChI is InChI=1S/C26H27Cl2N3O2/c1-4-7-19-15-22(18-8-6-9-21(28)14-18)24(17-10-12-20(27)13-11-17)31(26(19)32)23(5-2)25-30-29-16(3)33-25/h4,6,8-14,19,22-24H,1,5,7,15H2,2-3H3/t19-,22?,23?,24+/m0/s1. The SMILES string of the molecule is C=CC[C@H]1CC(c2cccc(Cl)c2)[C@@H](c2ccc(Cl)cc2)N(C(CC)c2nnc(C)o2)C1=O. The third-order valence-corrected chi connectivity index (χ3v) is 6.80. The largest absolute Gasteiger partial charge is 0.423 e. The van der Waals surface area contributed by atoms with Gasteiger partial charge in [0.2, 0.25) is 17.7 Å². The Morgan fingerprint density at radius 1 is 1.15 bits per heavy atom. The van der Waals surface area contributed by atoms with Crippen LogP contribution in [-0.2, 0) is 4.79 Å². The van der Waals surface area contributed by atoms with Gasteiger partial charge in [-0.05, 0) is 54.7 Å². The van der Waals surface area contributed by atoms with Crippen molar-refractivity contribution in [2.24, 2.45) is 5.92 Å². The number of carbonyl (C=O) groups is 1. The van der Waals surface area contributed by atoms with Crippen molar-refractivity contribution in [2.75, 3.05) is 0 Å². The summed E-state index contributed by atoms with van der Waals surface area (Å²) in [7, 11) is 0. The lowest BCUT2D eigenvalue weighted by atomic mass is 9.74. The summed E-state index contributed by atoms with van der Waals surface area (Å²) in [4.78, 5) is 15.9. The van der Waals surface area contributed by atoms with Gasteiger partial charge < -0.3 is 9.32 Å². The predicted molar refractivity (Wildman–Crippen MR) is 130 cm³/mol. The molecule has 2 unspecified atom stereocenters. The third kappa shape index (κ3) is 4.85. The monoisotopic (exact) mass is 483 g/mol. The Labute approximate surface area is 204 Å². The highest BCUT2D eigenvalue weighted by atomic mass is 35.5. The van der Waals surface area contributed by atoms with E-state index in [1.807, 2.05) is 60.4 Å². The highest BCUT2D eigenvalue weighted by Crippen LogP contribution is 2.50. The van der Waals surface area contributed by atoms with Gasteiger partial charge in [-0.2, -0.15) is 0 Å². The van der Waals surface area contributed by atoms with E-state index in [2.05, 4.69) is 22.8 Å². The van der Waals surface area contributed by atoms with E-state index in [9.17, 15) is 4.79 Å². The first kappa shape index (κ1) is 23.5. The van der Waals surface area contributed by atoms with Crippen molar-refractivity contribution in [3.63, 3.8) is 0 Å². The van der Waals surface area contributed by atoms with Crippen LogP contribution < -0.4 is 0 Å². The summed E-state index contributed by atoms with van der Waals surface area (Å²) >= 11 is 12.6. The molecule has 2 aromatic carbocycles. The molecule has 1 fully saturated rings. The molecule has 5 nitrogen and oxygen atoms in total. The molecule has 0 bridgehead atoms. The quantitative estimate of drug-likeness (QED) is 0.336. The summed E-state index contributed by atoms with van der Waals surface area (Å²) in [6, 6.07) is 15.0. The lowest BCUT2D eigenvalue weighted by Gasteiger charge is -2.47. The molecule has 7 heteroatoms. The maximum absolute atomic E-state index is 13.9. The van der Waals surface area contributed by atoms with E-state index < -0.39 is 0 Å². The van der Waals surface area contributed by atoms with Gasteiger partial charge in [0.25, 0.3) is 0 Å². The average molecular weight is 484 g/mol. The zero-order valence-corrected chi connectivity index (χ0v) is 20.3. The Hall–Kier alpha value is -2.63. The molecular formula is C26H27Cl2N3O2. The first-order valence-corrected chi connectivity index (χ1v) is 11.9. The number of nitrogens with zero attached hydrogens (tertiary/aromatic N) is 3. The Kier molecular flexibility index (Phi) is 7.20. The Morgan fingerprint density at radius 2 is 1.91 bits per heavy atom. The molecule has 0 N–H and O–H groups in total. The molecule has 4 atom stereocenters. The first-order valence-electron chi connectivity index (χ1n) is 11.2. The van der Waals surface area contributed by atoms with E-state index in [1.54, 1.807) is 6.92 Å². The van der Waals surface area contributed by atoms with Crippen molar-refractivity contribution >= 4 is 29.1 Å². The molecule has 0 radical (unpaired) electrons. The molecule has 0 aliphatic carbocycles. The number of rotatable bonds is 7. The molecule has 2 heterocycles. The van der Waals surface area contributed by atoms with Gasteiger partial charge in [0.15, 0.2) is 0 Å². The summed E-state index contributed by atoms with van der Waals surface area (Å²) in [5.74, 6) is 0.811. The fourth-order valence-corrected chi connectivity index (χ4v) is 5.19. The zero-order valence-electron chi connectivity index (χ0n) is 18.7. The van der Waals surface area contributed by atoms with Crippen molar-refractivity contribution in [1.82, 2.24) is 15.1 Å². The van der Waals surface area contributed by atoms with Gasteiger partial charge in [0, 0.05) is 28.8 Å². The minimum absolute atomic E-state index is 0.0191. The van der Waals surface area contributed by atoms with Crippen LogP contribution in [0.15, 0.2) is 65.6 Å². The lowest BCUT2D eigenvalue weighted by Crippen LogP contribution is -2.48. The third-order valence-electron chi connectivity index (χ3n) is 6.31. The van der Waals surface area contributed by atoms with Gasteiger partial charge in [-0.1, -0.05) is 60.5 Å². The van der Waals surface area contributed by atoms with Crippen LogP contribution in [0.25, 0.3) is 0 Å². The van der Waals surface area contributed by atoms with Gasteiger partial charge in [-0.15, -0.1) is 16.8 Å². The number of carbonyl (C=O) groups excluding carboxylic acids is 1. The van der Waals surface area contributed by atoms with Gasteiger partial charge in [0.05, 0.1) is 6.04 Å². The van der Waals surface area contributed by atoms with E-state index >= 15 is 0 Å². The molecule has 1 amide bonds. The number of benzene rings is 2. The zero-order chi connectivity index (χ0) is 23.5. The van der Waals surface area contributed by atoms with Gasteiger partial charge in [-0.25, -0.2) is 0 Å². The number of amides is 1. The van der Waals surface area contributed by atoms with Crippen molar-refractivity contribution < 1.29 is 9.21 Å². The minimum atomic E-state index is -0.353. The maximum atomic E-state index is 13.9. The number of halogens is 2. The van der Waals surface area contributed by atoms with Gasteiger partial charge >= 0.3 is 0 Å². The molecule has 1 aliphatic heterocycles. The smallest absolute Gasteiger partial charge is 0.238 e. The van der Waals surface area contributed by atoms with Crippen molar-refractivity contribution in [1.29, 1.82) is 0 Å². The lowest BCUT2D eigenvalue weighted by molar-refractivity contribution is -0.147. The van der Waals surface area contributed by atoms with Crippen molar-refractivity contribution in [2.45, 2.75) is 51.1 Å². The van der Waals surface area contributed by atoms with Gasteiger partial charge in [-0.3, -0.25) is 4.79 Å². The molecule has 4 rings (SSSR count). The van der Waals surface area contributed by atoms with Crippen molar-refractivity contribution in [3.05, 3.63) is 94.1 Å².